The van der Waals surface area contributed by atoms with Gasteiger partial charge in [-0.3, -0.25) is 14.9 Å². The maximum absolute atomic E-state index is 13.5. The maximum Gasteiger partial charge on any atom is 0.335 e. The van der Waals surface area contributed by atoms with Crippen molar-refractivity contribution >= 4 is 63.6 Å². The fourth-order valence-corrected chi connectivity index (χ4v) is 4.48. The van der Waals surface area contributed by atoms with Crippen molar-refractivity contribution in [2.75, 3.05) is 4.90 Å². The Hall–Kier alpha value is -4.13. The van der Waals surface area contributed by atoms with E-state index in [0.717, 1.165) is 26.8 Å². The zero-order valence-corrected chi connectivity index (χ0v) is 21.1. The summed E-state index contributed by atoms with van der Waals surface area (Å²) in [4.78, 5) is 39.9. The smallest absolute Gasteiger partial charge is 0.335 e. The zero-order valence-electron chi connectivity index (χ0n) is 19.6. The molecule has 1 N–H and O–H groups in total. The monoisotopic (exact) mass is 530 g/mol. The van der Waals surface area contributed by atoms with Gasteiger partial charge in [0.1, 0.15) is 17.9 Å². The minimum Gasteiger partial charge on any atom is -0.488 e. The van der Waals surface area contributed by atoms with Gasteiger partial charge in [-0.1, -0.05) is 71.7 Å². The second-order valence-corrected chi connectivity index (χ2v) is 9.35. The van der Waals surface area contributed by atoms with Crippen LogP contribution < -0.4 is 15.0 Å². The molecule has 4 aromatic rings. The highest BCUT2D eigenvalue weighted by atomic mass is 35.5. The van der Waals surface area contributed by atoms with E-state index in [1.165, 1.54) is 12.1 Å². The molecule has 37 heavy (non-hydrogen) atoms. The Morgan fingerprint density at radius 1 is 0.919 bits per heavy atom. The number of barbiturate groups is 1. The molecule has 1 fully saturated rings. The van der Waals surface area contributed by atoms with Crippen molar-refractivity contribution in [3.63, 3.8) is 0 Å². The van der Waals surface area contributed by atoms with E-state index in [1.54, 1.807) is 30.3 Å². The quantitative estimate of drug-likeness (QED) is 0.230. The second kappa shape index (κ2) is 10.1. The number of carbonyl (C=O) groups is 3. The molecule has 0 atom stereocenters. The lowest BCUT2D eigenvalue weighted by Gasteiger charge is -2.27. The number of hydrogen-bond acceptors (Lipinski definition) is 4. The van der Waals surface area contributed by atoms with Gasteiger partial charge in [-0.25, -0.2) is 9.69 Å². The average Bonchev–Trinajstić information content (AvgIpc) is 2.87. The van der Waals surface area contributed by atoms with Gasteiger partial charge in [-0.2, -0.15) is 0 Å². The van der Waals surface area contributed by atoms with Crippen LogP contribution in [0.2, 0.25) is 10.0 Å². The largest absolute Gasteiger partial charge is 0.488 e. The van der Waals surface area contributed by atoms with Gasteiger partial charge in [0.15, 0.2) is 0 Å². The van der Waals surface area contributed by atoms with Gasteiger partial charge in [-0.15, -0.1) is 0 Å². The topological polar surface area (TPSA) is 75.7 Å². The van der Waals surface area contributed by atoms with E-state index in [0.29, 0.717) is 21.4 Å². The van der Waals surface area contributed by atoms with Crippen LogP contribution in [0.25, 0.3) is 16.8 Å². The number of benzene rings is 4. The third kappa shape index (κ3) is 4.94. The van der Waals surface area contributed by atoms with Crippen LogP contribution in [0.5, 0.6) is 5.75 Å². The van der Waals surface area contributed by atoms with E-state index in [2.05, 4.69) is 5.32 Å². The Balaban J connectivity index is 1.58. The number of imide groups is 2. The molecule has 0 spiro atoms. The van der Waals surface area contributed by atoms with E-state index in [-0.39, 0.29) is 17.9 Å². The van der Waals surface area contributed by atoms with Gasteiger partial charge >= 0.3 is 6.03 Å². The summed E-state index contributed by atoms with van der Waals surface area (Å²) < 4.78 is 6.12. The standard InChI is InChI=1S/C29H20Cl2N2O4/c1-17-9-11-21(14-25(17)31)33-28(35)24(27(34)32-29(33)36)15-23-22-8-3-2-6-19(22)10-12-26(23)37-16-18-5-4-7-20(30)13-18/h2-15H,16H2,1H3,(H,32,34,36)/b24-15+. The molecule has 0 aliphatic carbocycles. The van der Waals surface area contributed by atoms with Crippen LogP contribution in [0.4, 0.5) is 10.5 Å². The van der Waals surface area contributed by atoms with Gasteiger partial charge in [0.05, 0.1) is 5.69 Å². The Kier molecular flexibility index (Phi) is 6.70. The molecule has 1 aliphatic rings. The van der Waals surface area contributed by atoms with Gasteiger partial charge in [0.25, 0.3) is 11.8 Å². The molecule has 5 rings (SSSR count). The summed E-state index contributed by atoms with van der Waals surface area (Å²) in [7, 11) is 0. The summed E-state index contributed by atoms with van der Waals surface area (Å²) >= 11 is 12.3. The summed E-state index contributed by atoms with van der Waals surface area (Å²) in [5.41, 5.74) is 2.24. The molecule has 0 aromatic heterocycles. The number of carbonyl (C=O) groups excluding carboxylic acids is 3. The van der Waals surface area contributed by atoms with Crippen LogP contribution in [-0.2, 0) is 16.2 Å². The summed E-state index contributed by atoms with van der Waals surface area (Å²) in [6.45, 7) is 2.03. The summed E-state index contributed by atoms with van der Waals surface area (Å²) in [5, 5.41) is 4.91. The number of rotatable bonds is 5. The third-order valence-electron chi connectivity index (χ3n) is 6.02. The second-order valence-electron chi connectivity index (χ2n) is 8.51. The highest BCUT2D eigenvalue weighted by Gasteiger charge is 2.37. The minimum absolute atomic E-state index is 0.208. The first kappa shape index (κ1) is 24.6. The number of halogens is 2. The van der Waals surface area contributed by atoms with Crippen LogP contribution in [0.3, 0.4) is 0 Å². The zero-order chi connectivity index (χ0) is 26.1. The van der Waals surface area contributed by atoms with Gasteiger partial charge < -0.3 is 4.74 Å². The normalized spacial score (nSPS) is 14.8. The predicted octanol–water partition coefficient (Wildman–Crippen LogP) is 6.70. The van der Waals surface area contributed by atoms with Crippen molar-refractivity contribution in [1.29, 1.82) is 0 Å². The van der Waals surface area contributed by atoms with E-state index in [9.17, 15) is 14.4 Å². The lowest BCUT2D eigenvalue weighted by molar-refractivity contribution is -0.122. The molecule has 4 aromatic carbocycles. The lowest BCUT2D eigenvalue weighted by atomic mass is 9.99. The average molecular weight is 531 g/mol. The van der Waals surface area contributed by atoms with Crippen molar-refractivity contribution in [3.8, 4) is 5.75 Å². The fraction of sp³-hybridized carbons (Fsp3) is 0.0690. The molecule has 8 heteroatoms. The highest BCUT2D eigenvalue weighted by Crippen LogP contribution is 2.33. The number of nitrogens with zero attached hydrogens (tertiary/aromatic N) is 1. The van der Waals surface area contributed by atoms with Crippen molar-refractivity contribution < 1.29 is 19.1 Å². The molecule has 4 amide bonds. The van der Waals surface area contributed by atoms with Crippen LogP contribution in [-0.4, -0.2) is 17.8 Å². The first-order valence-corrected chi connectivity index (χ1v) is 12.1. The molecule has 0 bridgehead atoms. The van der Waals surface area contributed by atoms with E-state index >= 15 is 0 Å². The number of ether oxygens (including phenoxy) is 1. The fourth-order valence-electron chi connectivity index (χ4n) is 4.10. The first-order chi connectivity index (χ1) is 17.8. The number of fused-ring (bicyclic) bond motifs is 1. The Labute approximate surface area is 223 Å². The van der Waals surface area contributed by atoms with Gasteiger partial charge in [0, 0.05) is 15.6 Å². The van der Waals surface area contributed by atoms with Crippen molar-refractivity contribution in [2.24, 2.45) is 0 Å². The highest BCUT2D eigenvalue weighted by molar-refractivity contribution is 6.40. The molecule has 6 nitrogen and oxygen atoms in total. The van der Waals surface area contributed by atoms with E-state index in [1.807, 2.05) is 49.4 Å². The number of aryl methyl sites for hydroxylation is 1. The van der Waals surface area contributed by atoms with E-state index in [4.69, 9.17) is 27.9 Å². The van der Waals surface area contributed by atoms with Crippen molar-refractivity contribution in [1.82, 2.24) is 5.32 Å². The summed E-state index contributed by atoms with van der Waals surface area (Å²) in [6, 6.07) is 22.5. The summed E-state index contributed by atoms with van der Waals surface area (Å²) in [6.07, 6.45) is 1.46. The maximum atomic E-state index is 13.5. The molecule has 0 radical (unpaired) electrons. The first-order valence-electron chi connectivity index (χ1n) is 11.4. The van der Waals surface area contributed by atoms with Crippen LogP contribution in [0, 0.1) is 6.92 Å². The molecule has 0 saturated carbocycles. The molecule has 1 aliphatic heterocycles. The molecule has 1 saturated heterocycles. The van der Waals surface area contributed by atoms with Crippen LogP contribution in [0.15, 0.2) is 84.4 Å². The Morgan fingerprint density at radius 2 is 1.73 bits per heavy atom. The molecule has 0 unspecified atom stereocenters. The van der Waals surface area contributed by atoms with Crippen LogP contribution in [0.1, 0.15) is 16.7 Å². The SMILES string of the molecule is Cc1ccc(N2C(=O)NC(=O)/C(=C\c3c(OCc4cccc(Cl)c4)ccc4ccccc34)C2=O)cc1Cl. The molecular weight excluding hydrogens is 511 g/mol. The van der Waals surface area contributed by atoms with Gasteiger partial charge in [0.2, 0.25) is 0 Å². The lowest BCUT2D eigenvalue weighted by Crippen LogP contribution is -2.54. The number of urea groups is 1. The van der Waals surface area contributed by atoms with Crippen molar-refractivity contribution in [3.05, 3.63) is 111 Å². The Morgan fingerprint density at radius 3 is 2.51 bits per heavy atom. The number of anilines is 1. The van der Waals surface area contributed by atoms with Crippen LogP contribution >= 0.6 is 23.2 Å². The van der Waals surface area contributed by atoms with Gasteiger partial charge in [-0.05, 0) is 65.2 Å². The minimum atomic E-state index is -0.845. The van der Waals surface area contributed by atoms with Crippen molar-refractivity contribution in [2.45, 2.75) is 13.5 Å². The number of amides is 4. The predicted molar refractivity (Wildman–Crippen MR) is 145 cm³/mol. The third-order valence-corrected chi connectivity index (χ3v) is 6.66. The molecule has 184 valence electrons. The number of nitrogens with one attached hydrogen (secondary N) is 1. The summed E-state index contributed by atoms with van der Waals surface area (Å²) in [5.74, 6) is -1.09. The Bertz CT molecular complexity index is 1610. The van der Waals surface area contributed by atoms with E-state index < -0.39 is 17.8 Å². The number of hydrogen-bond donors (Lipinski definition) is 1. The molecule has 1 heterocycles. The molecular formula is C29H20Cl2N2O4.